The van der Waals surface area contributed by atoms with Gasteiger partial charge in [-0.05, 0) is 30.9 Å². The Morgan fingerprint density at radius 2 is 2.16 bits per heavy atom. The van der Waals surface area contributed by atoms with Gasteiger partial charge in [0, 0.05) is 19.7 Å². The number of hydrogen-bond acceptors (Lipinski definition) is 6. The number of nitrogens with one attached hydrogen (secondary N) is 1. The predicted octanol–water partition coefficient (Wildman–Crippen LogP) is 1.09. The second-order valence-corrected chi connectivity index (χ2v) is 4.69. The van der Waals surface area contributed by atoms with Crippen molar-refractivity contribution in [3.63, 3.8) is 0 Å². The lowest BCUT2D eigenvalue weighted by atomic mass is 9.97. The standard InChI is InChI=1S/C12H18N4O3/c13-14-10-2-1-3-11(12(10)16(18)19)15-6-4-9(8-17)5-7-15/h1-3,9,14,17H,4-8,13H2. The normalized spacial score (nSPS) is 16.4. The molecule has 0 bridgehead atoms. The van der Waals surface area contributed by atoms with Crippen LogP contribution in [0, 0.1) is 16.0 Å². The Kier molecular flexibility index (Phi) is 4.18. The first-order chi connectivity index (χ1) is 9.17. The van der Waals surface area contributed by atoms with Crippen LogP contribution in [0.4, 0.5) is 17.1 Å². The molecule has 0 unspecified atom stereocenters. The highest BCUT2D eigenvalue weighted by Gasteiger charge is 2.26. The lowest BCUT2D eigenvalue weighted by molar-refractivity contribution is -0.383. The van der Waals surface area contributed by atoms with Crippen molar-refractivity contribution in [1.82, 2.24) is 0 Å². The zero-order valence-electron chi connectivity index (χ0n) is 10.6. The molecule has 0 saturated carbocycles. The summed E-state index contributed by atoms with van der Waals surface area (Å²) >= 11 is 0. The summed E-state index contributed by atoms with van der Waals surface area (Å²) in [5, 5.41) is 20.3. The Balaban J connectivity index is 2.27. The summed E-state index contributed by atoms with van der Waals surface area (Å²) in [7, 11) is 0. The van der Waals surface area contributed by atoms with Gasteiger partial charge in [0.15, 0.2) is 0 Å². The molecule has 4 N–H and O–H groups in total. The van der Waals surface area contributed by atoms with E-state index in [0.717, 1.165) is 12.8 Å². The van der Waals surface area contributed by atoms with Gasteiger partial charge in [0.05, 0.1) is 4.92 Å². The maximum Gasteiger partial charge on any atom is 0.316 e. The van der Waals surface area contributed by atoms with Crippen molar-refractivity contribution in [1.29, 1.82) is 0 Å². The highest BCUT2D eigenvalue weighted by atomic mass is 16.6. The van der Waals surface area contributed by atoms with Gasteiger partial charge < -0.3 is 15.4 Å². The smallest absolute Gasteiger partial charge is 0.316 e. The van der Waals surface area contributed by atoms with Gasteiger partial charge in [0.25, 0.3) is 0 Å². The van der Waals surface area contributed by atoms with Crippen LogP contribution < -0.4 is 16.2 Å². The van der Waals surface area contributed by atoms with Gasteiger partial charge in [0.1, 0.15) is 11.4 Å². The Morgan fingerprint density at radius 1 is 1.47 bits per heavy atom. The SMILES string of the molecule is NNc1cccc(N2CCC(CO)CC2)c1[N+](=O)[O-]. The van der Waals surface area contributed by atoms with E-state index in [2.05, 4.69) is 5.43 Å². The number of anilines is 2. The van der Waals surface area contributed by atoms with Crippen molar-refractivity contribution >= 4 is 17.1 Å². The van der Waals surface area contributed by atoms with Crippen LogP contribution in [0.25, 0.3) is 0 Å². The summed E-state index contributed by atoms with van der Waals surface area (Å²) in [5.74, 6) is 5.62. The van der Waals surface area contributed by atoms with Crippen molar-refractivity contribution < 1.29 is 10.0 Å². The summed E-state index contributed by atoms with van der Waals surface area (Å²) < 4.78 is 0. The van der Waals surface area contributed by atoms with Gasteiger partial charge in [0.2, 0.25) is 0 Å². The van der Waals surface area contributed by atoms with Crippen molar-refractivity contribution in [3.05, 3.63) is 28.3 Å². The van der Waals surface area contributed by atoms with E-state index in [-0.39, 0.29) is 12.3 Å². The van der Waals surface area contributed by atoms with Crippen LogP contribution in [0.3, 0.4) is 0 Å². The molecular weight excluding hydrogens is 248 g/mol. The first kappa shape index (κ1) is 13.6. The summed E-state index contributed by atoms with van der Waals surface area (Å²) in [6.45, 7) is 1.60. The third-order valence-electron chi connectivity index (χ3n) is 3.57. The largest absolute Gasteiger partial charge is 0.396 e. The van der Waals surface area contributed by atoms with Gasteiger partial charge in [-0.1, -0.05) is 6.07 Å². The fourth-order valence-electron chi connectivity index (χ4n) is 2.45. The molecule has 104 valence electrons. The zero-order valence-corrected chi connectivity index (χ0v) is 10.6. The quantitative estimate of drug-likeness (QED) is 0.428. The van der Waals surface area contributed by atoms with E-state index in [4.69, 9.17) is 10.9 Å². The number of benzene rings is 1. The van der Waals surface area contributed by atoms with E-state index in [1.54, 1.807) is 18.2 Å². The molecule has 1 aliphatic rings. The van der Waals surface area contributed by atoms with Crippen molar-refractivity contribution in [2.45, 2.75) is 12.8 Å². The molecule has 1 aromatic rings. The highest BCUT2D eigenvalue weighted by molar-refractivity contribution is 5.76. The third kappa shape index (κ3) is 2.77. The number of rotatable bonds is 4. The number of nitrogen functional groups attached to an aromatic ring is 1. The molecule has 0 aliphatic carbocycles. The molecule has 19 heavy (non-hydrogen) atoms. The summed E-state index contributed by atoms with van der Waals surface area (Å²) in [6.07, 6.45) is 1.68. The average molecular weight is 266 g/mol. The molecular formula is C12H18N4O3. The molecule has 0 radical (unpaired) electrons. The number of para-hydroxylation sites is 1. The number of aliphatic hydroxyl groups is 1. The third-order valence-corrected chi connectivity index (χ3v) is 3.57. The van der Waals surface area contributed by atoms with Gasteiger partial charge in [-0.3, -0.25) is 16.0 Å². The first-order valence-corrected chi connectivity index (χ1v) is 6.27. The van der Waals surface area contributed by atoms with Crippen LogP contribution in [0.5, 0.6) is 0 Å². The molecule has 1 fully saturated rings. The van der Waals surface area contributed by atoms with E-state index in [1.807, 2.05) is 4.90 Å². The second-order valence-electron chi connectivity index (χ2n) is 4.69. The van der Waals surface area contributed by atoms with Gasteiger partial charge in [-0.2, -0.15) is 0 Å². The fraction of sp³-hybridized carbons (Fsp3) is 0.500. The van der Waals surface area contributed by atoms with E-state index >= 15 is 0 Å². The number of aliphatic hydroxyl groups excluding tert-OH is 1. The molecule has 0 amide bonds. The fourth-order valence-corrected chi connectivity index (χ4v) is 2.45. The maximum atomic E-state index is 11.2. The first-order valence-electron chi connectivity index (χ1n) is 6.27. The number of nitro groups is 1. The van der Waals surface area contributed by atoms with Crippen LogP contribution >= 0.6 is 0 Å². The molecule has 7 nitrogen and oxygen atoms in total. The van der Waals surface area contributed by atoms with Crippen LogP contribution in [-0.4, -0.2) is 29.7 Å². The summed E-state index contributed by atoms with van der Waals surface area (Å²) in [5.41, 5.74) is 3.27. The minimum atomic E-state index is -0.414. The molecule has 0 atom stereocenters. The van der Waals surface area contributed by atoms with E-state index in [0.29, 0.717) is 30.4 Å². The van der Waals surface area contributed by atoms with Crippen LogP contribution in [-0.2, 0) is 0 Å². The van der Waals surface area contributed by atoms with Gasteiger partial charge >= 0.3 is 5.69 Å². The second kappa shape index (κ2) is 5.85. The van der Waals surface area contributed by atoms with Crippen LogP contribution in [0.2, 0.25) is 0 Å². The Hall–Kier alpha value is -1.86. The van der Waals surface area contributed by atoms with E-state index < -0.39 is 4.92 Å². The van der Waals surface area contributed by atoms with Crippen molar-refractivity contribution in [3.8, 4) is 0 Å². The molecule has 1 heterocycles. The average Bonchev–Trinajstić information content (AvgIpc) is 2.46. The molecule has 1 aromatic carbocycles. The number of nitro benzene ring substituents is 1. The molecule has 1 saturated heterocycles. The van der Waals surface area contributed by atoms with Crippen LogP contribution in [0.15, 0.2) is 18.2 Å². The topological polar surface area (TPSA) is 105 Å². The molecule has 1 aliphatic heterocycles. The Labute approximate surface area is 111 Å². The van der Waals surface area contributed by atoms with E-state index in [1.165, 1.54) is 0 Å². The minimum absolute atomic E-state index is 0.00690. The number of hydrogen-bond donors (Lipinski definition) is 3. The number of nitrogens with two attached hydrogens (primary N) is 1. The summed E-state index contributed by atoms with van der Waals surface area (Å²) in [6, 6.07) is 5.07. The molecule has 0 aromatic heterocycles. The van der Waals surface area contributed by atoms with Crippen LogP contribution in [0.1, 0.15) is 12.8 Å². The molecule has 2 rings (SSSR count). The van der Waals surface area contributed by atoms with Gasteiger partial charge in [-0.15, -0.1) is 0 Å². The maximum absolute atomic E-state index is 11.2. The Bertz CT molecular complexity index is 458. The van der Waals surface area contributed by atoms with Gasteiger partial charge in [-0.25, -0.2) is 0 Å². The molecule has 7 heteroatoms. The van der Waals surface area contributed by atoms with Crippen molar-refractivity contribution in [2.75, 3.05) is 30.0 Å². The van der Waals surface area contributed by atoms with E-state index in [9.17, 15) is 10.1 Å². The van der Waals surface area contributed by atoms with Crippen molar-refractivity contribution in [2.24, 2.45) is 11.8 Å². The Morgan fingerprint density at radius 3 is 2.68 bits per heavy atom. The predicted molar refractivity (Wildman–Crippen MR) is 72.9 cm³/mol. The molecule has 0 spiro atoms. The number of nitrogens with zero attached hydrogens (tertiary/aromatic N) is 2. The summed E-state index contributed by atoms with van der Waals surface area (Å²) in [4.78, 5) is 12.8. The minimum Gasteiger partial charge on any atom is -0.396 e. The lowest BCUT2D eigenvalue weighted by Crippen LogP contribution is -2.35. The lowest BCUT2D eigenvalue weighted by Gasteiger charge is -2.32. The number of piperidine rings is 1. The number of hydrazine groups is 1. The highest BCUT2D eigenvalue weighted by Crippen LogP contribution is 2.36. The zero-order chi connectivity index (χ0) is 13.8. The monoisotopic (exact) mass is 266 g/mol.